The fourth-order valence-corrected chi connectivity index (χ4v) is 3.50. The Hall–Kier alpha value is -2.78. The van der Waals surface area contributed by atoms with Crippen LogP contribution in [-0.4, -0.2) is 34.4 Å². The number of pyridine rings is 1. The van der Waals surface area contributed by atoms with E-state index >= 15 is 0 Å². The van der Waals surface area contributed by atoms with Gasteiger partial charge in [0.1, 0.15) is 10.8 Å². The zero-order valence-electron chi connectivity index (χ0n) is 15.8. The zero-order chi connectivity index (χ0) is 21.0. The SMILES string of the molecule is Cc1cccc(NC(=O)CN(C)Cc2csc(-c3ccc(C(F)(F)F)cc3)n2)n1. The van der Waals surface area contributed by atoms with E-state index < -0.39 is 11.7 Å². The number of anilines is 1. The topological polar surface area (TPSA) is 58.1 Å². The Kier molecular flexibility index (Phi) is 6.29. The number of hydrogen-bond donors (Lipinski definition) is 1. The van der Waals surface area contributed by atoms with E-state index in [1.807, 2.05) is 24.4 Å². The van der Waals surface area contributed by atoms with Gasteiger partial charge in [0.05, 0.1) is 17.8 Å². The minimum absolute atomic E-state index is 0.156. The number of nitrogens with one attached hydrogen (secondary N) is 1. The van der Waals surface area contributed by atoms with Crippen LogP contribution in [0, 0.1) is 6.92 Å². The van der Waals surface area contributed by atoms with Crippen LogP contribution in [-0.2, 0) is 17.5 Å². The molecule has 0 unspecified atom stereocenters. The first-order valence-corrected chi connectivity index (χ1v) is 9.63. The van der Waals surface area contributed by atoms with Crippen LogP contribution < -0.4 is 5.32 Å². The number of carbonyl (C=O) groups is 1. The number of thiazole rings is 1. The molecular formula is C20H19F3N4OS. The summed E-state index contributed by atoms with van der Waals surface area (Å²) in [6.07, 6.45) is -4.36. The van der Waals surface area contributed by atoms with Gasteiger partial charge in [0.15, 0.2) is 0 Å². The predicted molar refractivity (Wildman–Crippen MR) is 106 cm³/mol. The van der Waals surface area contributed by atoms with Crippen LogP contribution in [0.25, 0.3) is 10.6 Å². The van der Waals surface area contributed by atoms with Crippen molar-refractivity contribution in [2.24, 2.45) is 0 Å². The Morgan fingerprint density at radius 1 is 1.14 bits per heavy atom. The molecule has 3 aromatic rings. The highest BCUT2D eigenvalue weighted by Gasteiger charge is 2.30. The Morgan fingerprint density at radius 2 is 1.86 bits per heavy atom. The second-order valence-electron chi connectivity index (χ2n) is 6.60. The Bertz CT molecular complexity index is 986. The summed E-state index contributed by atoms with van der Waals surface area (Å²) in [4.78, 5) is 22.7. The van der Waals surface area contributed by atoms with Crippen molar-refractivity contribution in [1.82, 2.24) is 14.9 Å². The predicted octanol–water partition coefficient (Wildman–Crippen LogP) is 4.60. The minimum Gasteiger partial charge on any atom is -0.310 e. The number of rotatable bonds is 6. The first kappa shape index (κ1) is 20.9. The van der Waals surface area contributed by atoms with Gasteiger partial charge in [-0.15, -0.1) is 11.3 Å². The summed E-state index contributed by atoms with van der Waals surface area (Å²) < 4.78 is 38.0. The molecule has 5 nitrogen and oxygen atoms in total. The molecule has 2 heterocycles. The number of carbonyl (C=O) groups excluding carboxylic acids is 1. The number of aryl methyl sites for hydroxylation is 1. The molecule has 0 fully saturated rings. The standard InChI is InChI=1S/C20H19F3N4OS/c1-13-4-3-5-17(24-13)26-18(28)11-27(2)10-16-12-29-19(25-16)14-6-8-15(9-7-14)20(21,22)23/h3-9,12H,10-11H2,1-2H3,(H,24,26,28). The molecule has 9 heteroatoms. The number of hydrogen-bond acceptors (Lipinski definition) is 5. The van der Waals surface area contributed by atoms with Crippen molar-refractivity contribution < 1.29 is 18.0 Å². The second kappa shape index (κ2) is 8.71. The third kappa shape index (κ3) is 5.85. The number of halogens is 3. The van der Waals surface area contributed by atoms with Crippen LogP contribution in [0.5, 0.6) is 0 Å². The molecule has 0 aliphatic carbocycles. The van der Waals surface area contributed by atoms with Crippen LogP contribution >= 0.6 is 11.3 Å². The normalized spacial score (nSPS) is 11.7. The van der Waals surface area contributed by atoms with Gasteiger partial charge in [-0.2, -0.15) is 13.2 Å². The monoisotopic (exact) mass is 420 g/mol. The number of likely N-dealkylation sites (N-methyl/N-ethyl adjacent to an activating group) is 1. The number of nitrogens with zero attached hydrogens (tertiary/aromatic N) is 3. The van der Waals surface area contributed by atoms with Crippen LogP contribution in [0.2, 0.25) is 0 Å². The fraction of sp³-hybridized carbons (Fsp3) is 0.250. The number of aromatic nitrogens is 2. The van der Waals surface area contributed by atoms with E-state index in [-0.39, 0.29) is 12.5 Å². The maximum atomic E-state index is 12.7. The van der Waals surface area contributed by atoms with Gasteiger partial charge in [-0.3, -0.25) is 9.69 Å². The van der Waals surface area contributed by atoms with E-state index in [9.17, 15) is 18.0 Å². The molecule has 0 aliphatic rings. The van der Waals surface area contributed by atoms with Crippen molar-refractivity contribution >= 4 is 23.1 Å². The van der Waals surface area contributed by atoms with E-state index in [0.717, 1.165) is 23.5 Å². The third-order valence-electron chi connectivity index (χ3n) is 4.01. The van der Waals surface area contributed by atoms with Crippen molar-refractivity contribution in [2.75, 3.05) is 18.9 Å². The molecular weight excluding hydrogens is 401 g/mol. The lowest BCUT2D eigenvalue weighted by Gasteiger charge is -2.14. The molecule has 1 aromatic carbocycles. The smallest absolute Gasteiger partial charge is 0.310 e. The van der Waals surface area contributed by atoms with Gasteiger partial charge < -0.3 is 5.32 Å². The quantitative estimate of drug-likeness (QED) is 0.633. The maximum Gasteiger partial charge on any atom is 0.416 e. The summed E-state index contributed by atoms with van der Waals surface area (Å²) in [6, 6.07) is 10.3. The van der Waals surface area contributed by atoms with Crippen molar-refractivity contribution in [3.63, 3.8) is 0 Å². The third-order valence-corrected chi connectivity index (χ3v) is 4.95. The molecule has 1 N–H and O–H groups in total. The van der Waals surface area contributed by atoms with E-state index in [0.29, 0.717) is 22.9 Å². The fourth-order valence-electron chi connectivity index (χ4n) is 2.69. The lowest BCUT2D eigenvalue weighted by molar-refractivity contribution is -0.137. The highest BCUT2D eigenvalue weighted by atomic mass is 32.1. The zero-order valence-corrected chi connectivity index (χ0v) is 16.6. The molecule has 0 saturated carbocycles. The maximum absolute atomic E-state index is 12.7. The Balaban J connectivity index is 1.57. The average Bonchev–Trinajstić information content (AvgIpc) is 3.09. The molecule has 0 spiro atoms. The molecule has 0 atom stereocenters. The lowest BCUT2D eigenvalue weighted by atomic mass is 10.1. The van der Waals surface area contributed by atoms with Gasteiger partial charge in [-0.05, 0) is 38.2 Å². The molecule has 0 bridgehead atoms. The molecule has 29 heavy (non-hydrogen) atoms. The van der Waals surface area contributed by atoms with E-state index in [2.05, 4.69) is 15.3 Å². The summed E-state index contributed by atoms with van der Waals surface area (Å²) in [5, 5.41) is 5.22. The molecule has 2 aromatic heterocycles. The second-order valence-corrected chi connectivity index (χ2v) is 7.46. The molecule has 0 radical (unpaired) electrons. The molecule has 0 aliphatic heterocycles. The van der Waals surface area contributed by atoms with Gasteiger partial charge in [-0.25, -0.2) is 9.97 Å². The lowest BCUT2D eigenvalue weighted by Crippen LogP contribution is -2.30. The largest absolute Gasteiger partial charge is 0.416 e. The van der Waals surface area contributed by atoms with E-state index in [1.165, 1.54) is 23.5 Å². The summed E-state index contributed by atoms with van der Waals surface area (Å²) >= 11 is 1.35. The summed E-state index contributed by atoms with van der Waals surface area (Å²) in [5.41, 5.74) is 1.50. The number of alkyl halides is 3. The van der Waals surface area contributed by atoms with E-state index in [4.69, 9.17) is 0 Å². The summed E-state index contributed by atoms with van der Waals surface area (Å²) in [5.74, 6) is 0.311. The first-order valence-electron chi connectivity index (χ1n) is 8.75. The van der Waals surface area contributed by atoms with Crippen LogP contribution in [0.15, 0.2) is 47.8 Å². The van der Waals surface area contributed by atoms with Gasteiger partial charge in [0.2, 0.25) is 5.91 Å². The summed E-state index contributed by atoms with van der Waals surface area (Å²) in [6.45, 7) is 2.44. The van der Waals surface area contributed by atoms with Crippen LogP contribution in [0.3, 0.4) is 0 Å². The molecule has 1 amide bonds. The van der Waals surface area contributed by atoms with Crippen LogP contribution in [0.4, 0.5) is 19.0 Å². The highest BCUT2D eigenvalue weighted by molar-refractivity contribution is 7.13. The molecule has 152 valence electrons. The van der Waals surface area contributed by atoms with Crippen molar-refractivity contribution in [1.29, 1.82) is 0 Å². The van der Waals surface area contributed by atoms with Crippen LogP contribution in [0.1, 0.15) is 17.0 Å². The van der Waals surface area contributed by atoms with Gasteiger partial charge >= 0.3 is 6.18 Å². The number of benzene rings is 1. The van der Waals surface area contributed by atoms with Crippen molar-refractivity contribution in [2.45, 2.75) is 19.6 Å². The van der Waals surface area contributed by atoms with Crippen molar-refractivity contribution in [3.05, 3.63) is 64.8 Å². The number of amides is 1. The van der Waals surface area contributed by atoms with Gasteiger partial charge in [0, 0.05) is 23.2 Å². The first-order chi connectivity index (χ1) is 13.7. The molecule has 0 saturated heterocycles. The Labute approximate surface area is 170 Å². The minimum atomic E-state index is -4.36. The highest BCUT2D eigenvalue weighted by Crippen LogP contribution is 2.31. The van der Waals surface area contributed by atoms with Crippen molar-refractivity contribution in [3.8, 4) is 10.6 Å². The van der Waals surface area contributed by atoms with Gasteiger partial charge in [0.25, 0.3) is 0 Å². The Morgan fingerprint density at radius 3 is 2.52 bits per heavy atom. The van der Waals surface area contributed by atoms with Gasteiger partial charge in [-0.1, -0.05) is 18.2 Å². The van der Waals surface area contributed by atoms with E-state index in [1.54, 1.807) is 18.0 Å². The summed E-state index contributed by atoms with van der Waals surface area (Å²) in [7, 11) is 1.79. The molecule has 3 rings (SSSR count). The average molecular weight is 420 g/mol.